The van der Waals surface area contributed by atoms with E-state index in [9.17, 15) is 14.7 Å². The summed E-state index contributed by atoms with van der Waals surface area (Å²) >= 11 is 1.30. The number of fused-ring (bicyclic) bond motifs is 2. The smallest absolute Gasteiger partial charge is 0.297 e. The predicted molar refractivity (Wildman–Crippen MR) is 106 cm³/mol. The molecule has 0 radical (unpaired) electrons. The Balaban J connectivity index is 1.85. The number of carbonyl (C=O) groups is 1. The highest BCUT2D eigenvalue weighted by atomic mass is 32.1. The predicted octanol–water partition coefficient (Wildman–Crippen LogP) is 4.01. The second-order valence-electron chi connectivity index (χ2n) is 6.66. The van der Waals surface area contributed by atoms with Gasteiger partial charge in [0.25, 0.3) is 5.91 Å². The number of thiazole rings is 1. The number of aryl methyl sites for hydroxylation is 1. The van der Waals surface area contributed by atoms with Gasteiger partial charge in [0.05, 0.1) is 17.0 Å². The molecule has 7 heteroatoms. The number of phenolic OH excluding ortho intramolecular Hbond substituents is 1. The molecule has 28 heavy (non-hydrogen) atoms. The van der Waals surface area contributed by atoms with Gasteiger partial charge < -0.3 is 9.52 Å². The van der Waals surface area contributed by atoms with E-state index in [1.165, 1.54) is 16.2 Å². The van der Waals surface area contributed by atoms with Gasteiger partial charge in [-0.15, -0.1) is 11.3 Å². The van der Waals surface area contributed by atoms with Crippen molar-refractivity contribution in [1.29, 1.82) is 0 Å². The van der Waals surface area contributed by atoms with Crippen LogP contribution in [0.5, 0.6) is 5.75 Å². The maximum atomic E-state index is 13.4. The van der Waals surface area contributed by atoms with Gasteiger partial charge in [0.1, 0.15) is 11.3 Å². The van der Waals surface area contributed by atoms with Gasteiger partial charge in [-0.1, -0.05) is 23.8 Å². The number of phenols is 1. The van der Waals surface area contributed by atoms with Crippen molar-refractivity contribution in [1.82, 2.24) is 4.98 Å². The monoisotopic (exact) mass is 390 g/mol. The number of rotatable bonds is 2. The minimum Gasteiger partial charge on any atom is -0.508 e. The quantitative estimate of drug-likeness (QED) is 0.559. The lowest BCUT2D eigenvalue weighted by Crippen LogP contribution is -2.29. The molecule has 0 aliphatic carbocycles. The minimum absolute atomic E-state index is 0.0184. The summed E-state index contributed by atoms with van der Waals surface area (Å²) in [6.45, 7) is 1.89. The molecule has 0 bridgehead atoms. The van der Waals surface area contributed by atoms with Crippen LogP contribution in [0.4, 0.5) is 5.13 Å². The van der Waals surface area contributed by atoms with E-state index in [1.807, 2.05) is 13.0 Å². The molecule has 0 fully saturated rings. The number of nitrogens with zero attached hydrogens (tertiary/aromatic N) is 2. The van der Waals surface area contributed by atoms with Crippen LogP contribution in [0.3, 0.4) is 0 Å². The summed E-state index contributed by atoms with van der Waals surface area (Å²) in [4.78, 5) is 32.3. The third kappa shape index (κ3) is 2.36. The van der Waals surface area contributed by atoms with Crippen LogP contribution < -0.4 is 10.3 Å². The zero-order valence-electron chi connectivity index (χ0n) is 14.7. The maximum Gasteiger partial charge on any atom is 0.297 e. The van der Waals surface area contributed by atoms with Gasteiger partial charge in [-0.05, 0) is 36.8 Å². The van der Waals surface area contributed by atoms with Gasteiger partial charge in [-0.25, -0.2) is 4.98 Å². The zero-order chi connectivity index (χ0) is 19.4. The molecule has 1 aliphatic rings. The molecule has 1 unspecified atom stereocenters. The number of aromatic hydroxyl groups is 1. The van der Waals surface area contributed by atoms with Crippen molar-refractivity contribution in [2.75, 3.05) is 4.90 Å². The highest BCUT2D eigenvalue weighted by Gasteiger charge is 2.44. The first-order chi connectivity index (χ1) is 13.5. The number of anilines is 1. The Hall–Kier alpha value is -3.45. The van der Waals surface area contributed by atoms with Crippen molar-refractivity contribution < 1.29 is 14.3 Å². The first-order valence-corrected chi connectivity index (χ1v) is 9.52. The van der Waals surface area contributed by atoms with Gasteiger partial charge in [0.15, 0.2) is 10.6 Å². The molecule has 5 rings (SSSR count). The Morgan fingerprint density at radius 2 is 2.04 bits per heavy atom. The molecule has 1 atom stereocenters. The molecule has 2 aromatic heterocycles. The Kier molecular flexibility index (Phi) is 3.60. The number of carbonyl (C=O) groups excluding carboxylic acids is 1. The first-order valence-electron chi connectivity index (χ1n) is 8.64. The van der Waals surface area contributed by atoms with Crippen LogP contribution >= 0.6 is 11.3 Å². The zero-order valence-corrected chi connectivity index (χ0v) is 15.6. The van der Waals surface area contributed by atoms with Gasteiger partial charge in [-0.3, -0.25) is 14.5 Å². The average molecular weight is 390 g/mol. The number of hydrogen-bond acceptors (Lipinski definition) is 6. The third-order valence-corrected chi connectivity index (χ3v) is 5.61. The van der Waals surface area contributed by atoms with Crippen LogP contribution in [0.1, 0.15) is 33.3 Å². The lowest BCUT2D eigenvalue weighted by Gasteiger charge is -2.22. The molecule has 4 aromatic rings. The Labute approximate surface area is 163 Å². The summed E-state index contributed by atoms with van der Waals surface area (Å²) in [5.74, 6) is -0.346. The Morgan fingerprint density at radius 1 is 1.18 bits per heavy atom. The fraction of sp³-hybridized carbons (Fsp3) is 0.0952. The molecule has 0 saturated carbocycles. The van der Waals surface area contributed by atoms with Crippen molar-refractivity contribution in [3.8, 4) is 5.75 Å². The highest BCUT2D eigenvalue weighted by molar-refractivity contribution is 7.13. The lowest BCUT2D eigenvalue weighted by atomic mass is 9.98. The molecule has 0 spiro atoms. The standard InChI is InChI=1S/C21H14N2O4S/c1-11-5-6-15-14(9-11)18(25)16-17(12-3-2-4-13(24)10-12)23(20(26)19(16)27-15)21-22-7-8-28-21/h2-10,17,24H,1H3. The Morgan fingerprint density at radius 3 is 2.79 bits per heavy atom. The largest absolute Gasteiger partial charge is 0.508 e. The molecule has 1 amide bonds. The van der Waals surface area contributed by atoms with Crippen LogP contribution in [0.25, 0.3) is 11.0 Å². The van der Waals surface area contributed by atoms with E-state index in [2.05, 4.69) is 4.98 Å². The van der Waals surface area contributed by atoms with E-state index in [0.29, 0.717) is 21.7 Å². The second kappa shape index (κ2) is 6.03. The summed E-state index contributed by atoms with van der Waals surface area (Å²) in [7, 11) is 0. The molecule has 2 aromatic carbocycles. The van der Waals surface area contributed by atoms with E-state index >= 15 is 0 Å². The fourth-order valence-electron chi connectivity index (χ4n) is 3.63. The van der Waals surface area contributed by atoms with Crippen LogP contribution in [-0.2, 0) is 0 Å². The van der Waals surface area contributed by atoms with Gasteiger partial charge in [0.2, 0.25) is 5.76 Å². The average Bonchev–Trinajstić information content (AvgIpc) is 3.29. The summed E-state index contributed by atoms with van der Waals surface area (Å²) in [5.41, 5.74) is 1.93. The van der Waals surface area contributed by atoms with Crippen molar-refractivity contribution in [2.45, 2.75) is 13.0 Å². The van der Waals surface area contributed by atoms with Crippen LogP contribution in [0.15, 0.2) is 63.3 Å². The fourth-order valence-corrected chi connectivity index (χ4v) is 4.30. The first kappa shape index (κ1) is 16.7. The van der Waals surface area contributed by atoms with Crippen molar-refractivity contribution in [3.63, 3.8) is 0 Å². The van der Waals surface area contributed by atoms with E-state index in [-0.39, 0.29) is 22.5 Å². The van der Waals surface area contributed by atoms with Crippen molar-refractivity contribution in [2.24, 2.45) is 0 Å². The minimum atomic E-state index is -0.720. The third-order valence-electron chi connectivity index (χ3n) is 4.84. The van der Waals surface area contributed by atoms with E-state index in [1.54, 1.807) is 48.0 Å². The molecule has 1 aliphatic heterocycles. The van der Waals surface area contributed by atoms with Crippen LogP contribution in [0, 0.1) is 6.92 Å². The van der Waals surface area contributed by atoms with Crippen LogP contribution in [-0.4, -0.2) is 16.0 Å². The van der Waals surface area contributed by atoms with E-state index < -0.39 is 11.9 Å². The number of amides is 1. The molecular weight excluding hydrogens is 376 g/mol. The molecule has 1 N–H and O–H groups in total. The van der Waals surface area contributed by atoms with Gasteiger partial charge >= 0.3 is 0 Å². The molecule has 138 valence electrons. The molecule has 3 heterocycles. The number of benzene rings is 2. The van der Waals surface area contributed by atoms with Gasteiger partial charge in [0, 0.05) is 11.6 Å². The van der Waals surface area contributed by atoms with E-state index in [4.69, 9.17) is 4.42 Å². The molecule has 0 saturated heterocycles. The van der Waals surface area contributed by atoms with Gasteiger partial charge in [-0.2, -0.15) is 0 Å². The summed E-state index contributed by atoms with van der Waals surface area (Å²) in [5, 5.41) is 12.6. The maximum absolute atomic E-state index is 13.4. The molecule has 6 nitrogen and oxygen atoms in total. The summed E-state index contributed by atoms with van der Waals surface area (Å²) < 4.78 is 5.89. The second-order valence-corrected chi connectivity index (χ2v) is 7.53. The summed E-state index contributed by atoms with van der Waals surface area (Å²) in [6, 6.07) is 11.1. The topological polar surface area (TPSA) is 83.6 Å². The SMILES string of the molecule is Cc1ccc2oc3c(c(=O)c2c1)C(c1cccc(O)c1)N(c1nccs1)C3=O. The van der Waals surface area contributed by atoms with Crippen LogP contribution in [0.2, 0.25) is 0 Å². The summed E-state index contributed by atoms with van der Waals surface area (Å²) in [6.07, 6.45) is 1.60. The molecular formula is C21H14N2O4S. The number of hydrogen-bond donors (Lipinski definition) is 1. The van der Waals surface area contributed by atoms with Crippen molar-refractivity contribution >= 4 is 33.3 Å². The Bertz CT molecular complexity index is 1290. The normalized spacial score (nSPS) is 16.0. The number of aromatic nitrogens is 1. The van der Waals surface area contributed by atoms with Crippen molar-refractivity contribution in [3.05, 3.63) is 86.7 Å². The lowest BCUT2D eigenvalue weighted by molar-refractivity contribution is 0.0971. The highest BCUT2D eigenvalue weighted by Crippen LogP contribution is 2.42. The van der Waals surface area contributed by atoms with E-state index in [0.717, 1.165) is 5.56 Å².